The lowest BCUT2D eigenvalue weighted by Gasteiger charge is -2.19. The number of imide groups is 1. The molecule has 3 amide bonds. The van der Waals surface area contributed by atoms with Gasteiger partial charge in [0.05, 0.1) is 12.6 Å². The van der Waals surface area contributed by atoms with Crippen LogP contribution in [0.5, 0.6) is 0 Å². The van der Waals surface area contributed by atoms with Crippen LogP contribution in [0.3, 0.4) is 0 Å². The third-order valence-corrected chi connectivity index (χ3v) is 3.81. The quantitative estimate of drug-likeness (QED) is 0.820. The van der Waals surface area contributed by atoms with Crippen molar-refractivity contribution in [2.75, 3.05) is 6.54 Å². The van der Waals surface area contributed by atoms with Crippen molar-refractivity contribution in [2.24, 2.45) is 5.92 Å². The van der Waals surface area contributed by atoms with E-state index in [-0.39, 0.29) is 12.5 Å². The van der Waals surface area contributed by atoms with Crippen LogP contribution in [0.2, 0.25) is 0 Å². The Morgan fingerprint density at radius 1 is 1.18 bits per heavy atom. The Hall–Kier alpha value is -1.88. The second-order valence-electron chi connectivity index (χ2n) is 6.83. The van der Waals surface area contributed by atoms with Crippen LogP contribution in [-0.2, 0) is 11.2 Å². The van der Waals surface area contributed by atoms with Crippen LogP contribution in [0.25, 0.3) is 0 Å². The Balaban J connectivity index is 2.05. The topological polar surface area (TPSA) is 69.6 Å². The average molecular weight is 304 g/mol. The van der Waals surface area contributed by atoms with Crippen molar-refractivity contribution in [3.05, 3.63) is 35.4 Å². The molecule has 5 nitrogen and oxygen atoms in total. The molecule has 1 aliphatic heterocycles. The van der Waals surface area contributed by atoms with E-state index in [1.54, 1.807) is 13.8 Å². The summed E-state index contributed by atoms with van der Waals surface area (Å²) < 4.78 is 0. The molecule has 1 aromatic carbocycles. The van der Waals surface area contributed by atoms with Gasteiger partial charge in [-0.3, -0.25) is 9.69 Å². The molecule has 0 aliphatic carbocycles. The number of urea groups is 1. The first-order valence-electron chi connectivity index (χ1n) is 7.61. The van der Waals surface area contributed by atoms with Gasteiger partial charge in [-0.15, -0.1) is 0 Å². The lowest BCUT2D eigenvalue weighted by Crippen LogP contribution is -2.40. The molecule has 0 spiro atoms. The first-order valence-corrected chi connectivity index (χ1v) is 7.61. The number of benzene rings is 1. The van der Waals surface area contributed by atoms with Gasteiger partial charge < -0.3 is 10.4 Å². The van der Waals surface area contributed by atoms with Gasteiger partial charge in [0.1, 0.15) is 5.54 Å². The highest BCUT2D eigenvalue weighted by Gasteiger charge is 2.44. The van der Waals surface area contributed by atoms with E-state index in [1.165, 1.54) is 5.56 Å². The number of nitrogens with zero attached hydrogens (tertiary/aromatic N) is 1. The van der Waals surface area contributed by atoms with E-state index in [9.17, 15) is 14.7 Å². The zero-order valence-electron chi connectivity index (χ0n) is 13.6. The molecule has 0 saturated carbocycles. The summed E-state index contributed by atoms with van der Waals surface area (Å²) in [5, 5.41) is 12.9. The summed E-state index contributed by atoms with van der Waals surface area (Å²) in [6.45, 7) is 7.59. The van der Waals surface area contributed by atoms with Gasteiger partial charge in [-0.1, -0.05) is 38.1 Å². The standard InChI is InChI=1S/C17H24N2O3/c1-11(2)9-12-5-7-13(8-6-12)14(20)10-19-15(21)17(3,4)18-16(19)22/h5-8,11,14,20H,9-10H2,1-4H3,(H,18,22). The molecule has 22 heavy (non-hydrogen) atoms. The Bertz CT molecular complexity index is 564. The molecule has 120 valence electrons. The Morgan fingerprint density at radius 2 is 1.77 bits per heavy atom. The van der Waals surface area contributed by atoms with E-state index in [0.717, 1.165) is 11.3 Å². The highest BCUT2D eigenvalue weighted by Crippen LogP contribution is 2.22. The highest BCUT2D eigenvalue weighted by atomic mass is 16.3. The van der Waals surface area contributed by atoms with Gasteiger partial charge in [0.25, 0.3) is 5.91 Å². The lowest BCUT2D eigenvalue weighted by molar-refractivity contribution is -0.131. The fourth-order valence-corrected chi connectivity index (χ4v) is 2.61. The van der Waals surface area contributed by atoms with Crippen molar-refractivity contribution in [3.8, 4) is 0 Å². The number of carbonyl (C=O) groups excluding carboxylic acids is 2. The number of aliphatic hydroxyl groups excluding tert-OH is 1. The SMILES string of the molecule is CC(C)Cc1ccc(C(O)CN2C(=O)NC(C)(C)C2=O)cc1. The summed E-state index contributed by atoms with van der Waals surface area (Å²) in [6.07, 6.45) is 0.106. The summed E-state index contributed by atoms with van der Waals surface area (Å²) >= 11 is 0. The van der Waals surface area contributed by atoms with Crippen LogP contribution in [0.15, 0.2) is 24.3 Å². The molecule has 1 atom stereocenters. The minimum atomic E-state index is -0.905. The average Bonchev–Trinajstić information content (AvgIpc) is 2.61. The Kier molecular flexibility index (Phi) is 4.56. The normalized spacial score (nSPS) is 18.7. The number of carbonyl (C=O) groups is 2. The van der Waals surface area contributed by atoms with Crippen molar-refractivity contribution in [1.29, 1.82) is 0 Å². The zero-order valence-corrected chi connectivity index (χ0v) is 13.6. The third kappa shape index (κ3) is 3.47. The smallest absolute Gasteiger partial charge is 0.325 e. The number of hydrogen-bond acceptors (Lipinski definition) is 3. The van der Waals surface area contributed by atoms with Crippen LogP contribution >= 0.6 is 0 Å². The van der Waals surface area contributed by atoms with Crippen molar-refractivity contribution < 1.29 is 14.7 Å². The second-order valence-corrected chi connectivity index (χ2v) is 6.83. The molecule has 1 fully saturated rings. The zero-order chi connectivity index (χ0) is 16.5. The monoisotopic (exact) mass is 304 g/mol. The first-order chi connectivity index (χ1) is 10.2. The first kappa shape index (κ1) is 16.5. The van der Waals surface area contributed by atoms with E-state index in [4.69, 9.17) is 0 Å². The van der Waals surface area contributed by atoms with E-state index in [1.807, 2.05) is 24.3 Å². The maximum Gasteiger partial charge on any atom is 0.325 e. The molecule has 0 bridgehead atoms. The molecule has 1 aliphatic rings. The summed E-state index contributed by atoms with van der Waals surface area (Å²) in [5.41, 5.74) is 1.01. The predicted octanol–water partition coefficient (Wildman–Crippen LogP) is 2.25. The number of aliphatic hydroxyl groups is 1. The molecular weight excluding hydrogens is 280 g/mol. The molecular formula is C17H24N2O3. The van der Waals surface area contributed by atoms with E-state index in [0.29, 0.717) is 11.5 Å². The minimum Gasteiger partial charge on any atom is -0.387 e. The van der Waals surface area contributed by atoms with Crippen molar-refractivity contribution in [1.82, 2.24) is 10.2 Å². The van der Waals surface area contributed by atoms with Gasteiger partial charge in [0, 0.05) is 0 Å². The molecule has 2 rings (SSSR count). The summed E-state index contributed by atoms with van der Waals surface area (Å²) in [6, 6.07) is 7.21. The largest absolute Gasteiger partial charge is 0.387 e. The summed E-state index contributed by atoms with van der Waals surface area (Å²) in [5.74, 6) is 0.261. The Labute approximate surface area is 131 Å². The van der Waals surface area contributed by atoms with E-state index in [2.05, 4.69) is 19.2 Å². The molecule has 1 heterocycles. The molecule has 1 aromatic rings. The van der Waals surface area contributed by atoms with Crippen LogP contribution in [-0.4, -0.2) is 34.0 Å². The van der Waals surface area contributed by atoms with Gasteiger partial charge in [-0.05, 0) is 37.3 Å². The molecule has 0 radical (unpaired) electrons. The lowest BCUT2D eigenvalue weighted by atomic mass is 10.00. The highest BCUT2D eigenvalue weighted by molar-refractivity contribution is 6.06. The maximum atomic E-state index is 12.1. The van der Waals surface area contributed by atoms with Crippen LogP contribution in [0.1, 0.15) is 44.9 Å². The number of nitrogens with one attached hydrogen (secondary N) is 1. The second kappa shape index (κ2) is 6.08. The minimum absolute atomic E-state index is 0.0301. The fraction of sp³-hybridized carbons (Fsp3) is 0.529. The van der Waals surface area contributed by atoms with Gasteiger partial charge >= 0.3 is 6.03 Å². The number of rotatable bonds is 5. The van der Waals surface area contributed by atoms with Gasteiger partial charge in [-0.2, -0.15) is 0 Å². The molecule has 1 unspecified atom stereocenters. The molecule has 2 N–H and O–H groups in total. The third-order valence-electron chi connectivity index (χ3n) is 3.81. The van der Waals surface area contributed by atoms with Crippen LogP contribution in [0.4, 0.5) is 4.79 Å². The molecule has 1 saturated heterocycles. The van der Waals surface area contributed by atoms with Crippen LogP contribution in [0, 0.1) is 5.92 Å². The van der Waals surface area contributed by atoms with Crippen LogP contribution < -0.4 is 5.32 Å². The Morgan fingerprint density at radius 3 is 2.23 bits per heavy atom. The number of β-amino-alcohol motifs (C(OH)–C–C–N with tert-alkyl or cyclic N) is 1. The van der Waals surface area contributed by atoms with Crippen molar-refractivity contribution in [3.63, 3.8) is 0 Å². The van der Waals surface area contributed by atoms with Crippen molar-refractivity contribution in [2.45, 2.75) is 45.8 Å². The molecule has 0 aromatic heterocycles. The van der Waals surface area contributed by atoms with Gasteiger partial charge in [0.15, 0.2) is 0 Å². The number of hydrogen-bond donors (Lipinski definition) is 2. The fourth-order valence-electron chi connectivity index (χ4n) is 2.61. The summed E-state index contributed by atoms with van der Waals surface area (Å²) in [7, 11) is 0. The van der Waals surface area contributed by atoms with Gasteiger partial charge in [-0.25, -0.2) is 4.79 Å². The van der Waals surface area contributed by atoms with Crippen molar-refractivity contribution >= 4 is 11.9 Å². The molecule has 5 heteroatoms. The maximum absolute atomic E-state index is 12.1. The van der Waals surface area contributed by atoms with E-state index < -0.39 is 17.7 Å². The summed E-state index contributed by atoms with van der Waals surface area (Å²) in [4.78, 5) is 25.0. The van der Waals surface area contributed by atoms with Gasteiger partial charge in [0.2, 0.25) is 0 Å². The number of amides is 3. The predicted molar refractivity (Wildman–Crippen MR) is 84.3 cm³/mol. The van der Waals surface area contributed by atoms with E-state index >= 15 is 0 Å².